The van der Waals surface area contributed by atoms with Crippen molar-refractivity contribution in [3.63, 3.8) is 0 Å². The zero-order chi connectivity index (χ0) is 18.1. The van der Waals surface area contributed by atoms with Crippen molar-refractivity contribution in [2.24, 2.45) is 5.92 Å². The molecule has 0 aromatic carbocycles. The lowest BCUT2D eigenvalue weighted by Crippen LogP contribution is -2.53. The second-order valence-electron chi connectivity index (χ2n) is 6.63. The van der Waals surface area contributed by atoms with E-state index in [1.807, 2.05) is 25.1 Å². The van der Waals surface area contributed by atoms with Gasteiger partial charge in [0, 0.05) is 31.4 Å². The summed E-state index contributed by atoms with van der Waals surface area (Å²) in [5, 5.41) is 5.96. The van der Waals surface area contributed by atoms with Crippen LogP contribution in [0, 0.1) is 12.8 Å². The second-order valence-corrected chi connectivity index (χ2v) is 6.63. The summed E-state index contributed by atoms with van der Waals surface area (Å²) in [5.41, 5.74) is 1.83. The molecule has 25 heavy (non-hydrogen) atoms. The SMILES string of the molecule is CCC(CC)[C@H](CNC(=O)NCc1cccc(C)n1)N1CCOCC1. The van der Waals surface area contributed by atoms with Crippen LogP contribution in [0.1, 0.15) is 38.1 Å². The van der Waals surface area contributed by atoms with E-state index < -0.39 is 0 Å². The molecular formula is C19H32N4O2. The number of pyridine rings is 1. The quantitative estimate of drug-likeness (QED) is 0.757. The zero-order valence-electron chi connectivity index (χ0n) is 15.8. The lowest BCUT2D eigenvalue weighted by molar-refractivity contribution is 0.00237. The normalized spacial score (nSPS) is 16.6. The molecule has 1 aromatic rings. The van der Waals surface area contributed by atoms with Gasteiger partial charge in [-0.25, -0.2) is 4.79 Å². The van der Waals surface area contributed by atoms with Gasteiger partial charge in [0.25, 0.3) is 0 Å². The summed E-state index contributed by atoms with van der Waals surface area (Å²) in [6.07, 6.45) is 2.24. The third kappa shape index (κ3) is 6.29. The van der Waals surface area contributed by atoms with Gasteiger partial charge in [-0.3, -0.25) is 9.88 Å². The predicted molar refractivity (Wildman–Crippen MR) is 99.5 cm³/mol. The van der Waals surface area contributed by atoms with Crippen LogP contribution in [0.3, 0.4) is 0 Å². The van der Waals surface area contributed by atoms with Crippen LogP contribution in [0.5, 0.6) is 0 Å². The summed E-state index contributed by atoms with van der Waals surface area (Å²) >= 11 is 0. The lowest BCUT2D eigenvalue weighted by Gasteiger charge is -2.38. The maximum Gasteiger partial charge on any atom is 0.315 e. The van der Waals surface area contributed by atoms with Gasteiger partial charge in [0.05, 0.1) is 25.5 Å². The fourth-order valence-corrected chi connectivity index (χ4v) is 3.46. The Kier molecular flexibility index (Phi) is 8.15. The largest absolute Gasteiger partial charge is 0.379 e. The lowest BCUT2D eigenvalue weighted by atomic mass is 9.92. The zero-order valence-corrected chi connectivity index (χ0v) is 15.8. The highest BCUT2D eigenvalue weighted by molar-refractivity contribution is 5.73. The Bertz CT molecular complexity index is 528. The number of aryl methyl sites for hydroxylation is 1. The van der Waals surface area contributed by atoms with E-state index in [1.54, 1.807) is 0 Å². The molecule has 140 valence electrons. The number of amides is 2. The Morgan fingerprint density at radius 1 is 1.24 bits per heavy atom. The van der Waals surface area contributed by atoms with Crippen LogP contribution in [0.2, 0.25) is 0 Å². The molecule has 2 N–H and O–H groups in total. The molecule has 1 atom stereocenters. The monoisotopic (exact) mass is 348 g/mol. The van der Waals surface area contributed by atoms with Crippen molar-refractivity contribution >= 4 is 6.03 Å². The Balaban J connectivity index is 1.84. The summed E-state index contributed by atoms with van der Waals surface area (Å²) in [7, 11) is 0. The second kappa shape index (κ2) is 10.4. The van der Waals surface area contributed by atoms with Crippen molar-refractivity contribution in [1.82, 2.24) is 20.5 Å². The molecule has 6 nitrogen and oxygen atoms in total. The molecular weight excluding hydrogens is 316 g/mol. The molecule has 2 amide bonds. The van der Waals surface area contributed by atoms with Crippen molar-refractivity contribution in [1.29, 1.82) is 0 Å². The molecule has 1 aliphatic heterocycles. The van der Waals surface area contributed by atoms with E-state index >= 15 is 0 Å². The number of nitrogens with zero attached hydrogens (tertiary/aromatic N) is 2. The first-order valence-electron chi connectivity index (χ1n) is 9.40. The van der Waals surface area contributed by atoms with Crippen molar-refractivity contribution in [3.8, 4) is 0 Å². The van der Waals surface area contributed by atoms with Gasteiger partial charge >= 0.3 is 6.03 Å². The molecule has 0 spiro atoms. The topological polar surface area (TPSA) is 66.5 Å². The number of hydrogen-bond acceptors (Lipinski definition) is 4. The molecule has 1 fully saturated rings. The first-order chi connectivity index (χ1) is 12.1. The molecule has 1 aromatic heterocycles. The van der Waals surface area contributed by atoms with Gasteiger partial charge < -0.3 is 15.4 Å². The summed E-state index contributed by atoms with van der Waals surface area (Å²) in [6.45, 7) is 11.0. The molecule has 0 bridgehead atoms. The van der Waals surface area contributed by atoms with E-state index in [9.17, 15) is 4.79 Å². The number of carbonyl (C=O) groups is 1. The highest BCUT2D eigenvalue weighted by Crippen LogP contribution is 2.19. The van der Waals surface area contributed by atoms with Gasteiger partial charge in [0.2, 0.25) is 0 Å². The van der Waals surface area contributed by atoms with Crippen molar-refractivity contribution in [3.05, 3.63) is 29.6 Å². The number of morpholine rings is 1. The number of aromatic nitrogens is 1. The number of ether oxygens (including phenoxy) is 1. The maximum atomic E-state index is 12.2. The Hall–Kier alpha value is -1.66. The Labute approximate surface area is 151 Å². The summed E-state index contributed by atoms with van der Waals surface area (Å²) in [5.74, 6) is 0.580. The van der Waals surface area contributed by atoms with Crippen LogP contribution in [0.4, 0.5) is 4.79 Å². The minimum absolute atomic E-state index is 0.132. The first kappa shape index (κ1) is 19.7. The molecule has 0 aliphatic carbocycles. The van der Waals surface area contributed by atoms with E-state index in [0.29, 0.717) is 25.0 Å². The summed E-state index contributed by atoms with van der Waals surface area (Å²) in [4.78, 5) is 19.1. The Morgan fingerprint density at radius 2 is 1.96 bits per heavy atom. The Morgan fingerprint density at radius 3 is 2.60 bits per heavy atom. The summed E-state index contributed by atoms with van der Waals surface area (Å²) in [6, 6.07) is 6.06. The van der Waals surface area contributed by atoms with Crippen molar-refractivity contribution in [2.75, 3.05) is 32.8 Å². The number of urea groups is 1. The average Bonchev–Trinajstić information content (AvgIpc) is 2.64. The van der Waals surface area contributed by atoms with E-state index in [4.69, 9.17) is 4.74 Å². The van der Waals surface area contributed by atoms with Crippen LogP contribution in [-0.2, 0) is 11.3 Å². The van der Waals surface area contributed by atoms with Gasteiger partial charge in [-0.1, -0.05) is 32.8 Å². The fraction of sp³-hybridized carbons (Fsp3) is 0.684. The van der Waals surface area contributed by atoms with Crippen LogP contribution in [0.25, 0.3) is 0 Å². The number of hydrogen-bond donors (Lipinski definition) is 2. The van der Waals surface area contributed by atoms with Crippen LogP contribution < -0.4 is 10.6 Å². The van der Waals surface area contributed by atoms with Gasteiger partial charge in [0.1, 0.15) is 0 Å². The van der Waals surface area contributed by atoms with Gasteiger partial charge in [-0.05, 0) is 25.0 Å². The standard InChI is InChI=1S/C19H32N4O2/c1-4-16(5-2)18(23-9-11-25-12-10-23)14-21-19(24)20-13-17-8-6-7-15(3)22-17/h6-8,16,18H,4-5,9-14H2,1-3H3,(H2,20,21,24)/t18-/m0/s1. The molecule has 6 heteroatoms. The number of carbonyl (C=O) groups excluding carboxylic acids is 1. The fourth-order valence-electron chi connectivity index (χ4n) is 3.46. The maximum absolute atomic E-state index is 12.2. The van der Waals surface area contributed by atoms with E-state index in [0.717, 1.165) is 50.5 Å². The molecule has 0 radical (unpaired) electrons. The molecule has 2 heterocycles. The van der Waals surface area contributed by atoms with E-state index in [1.165, 1.54) is 0 Å². The molecule has 1 saturated heterocycles. The van der Waals surface area contributed by atoms with Crippen LogP contribution in [0.15, 0.2) is 18.2 Å². The average molecular weight is 348 g/mol. The van der Waals surface area contributed by atoms with Gasteiger partial charge in [0.15, 0.2) is 0 Å². The van der Waals surface area contributed by atoms with Crippen LogP contribution >= 0.6 is 0 Å². The molecule has 0 saturated carbocycles. The summed E-state index contributed by atoms with van der Waals surface area (Å²) < 4.78 is 5.47. The van der Waals surface area contributed by atoms with Crippen LogP contribution in [-0.4, -0.2) is 54.8 Å². The number of nitrogens with one attached hydrogen (secondary N) is 2. The van der Waals surface area contributed by atoms with E-state index in [2.05, 4.69) is 34.4 Å². The molecule has 0 unspecified atom stereocenters. The predicted octanol–water partition coefficient (Wildman–Crippen LogP) is 2.33. The van der Waals surface area contributed by atoms with Gasteiger partial charge in [-0.2, -0.15) is 0 Å². The minimum Gasteiger partial charge on any atom is -0.379 e. The highest BCUT2D eigenvalue weighted by atomic mass is 16.5. The number of rotatable bonds is 8. The first-order valence-corrected chi connectivity index (χ1v) is 9.40. The molecule has 1 aliphatic rings. The van der Waals surface area contributed by atoms with E-state index in [-0.39, 0.29) is 6.03 Å². The van der Waals surface area contributed by atoms with Crippen molar-refractivity contribution < 1.29 is 9.53 Å². The van der Waals surface area contributed by atoms with Crippen molar-refractivity contribution in [2.45, 2.75) is 46.2 Å². The molecule has 2 rings (SSSR count). The smallest absolute Gasteiger partial charge is 0.315 e. The third-order valence-corrected chi connectivity index (χ3v) is 4.96. The van der Waals surface area contributed by atoms with Gasteiger partial charge in [-0.15, -0.1) is 0 Å². The third-order valence-electron chi connectivity index (χ3n) is 4.96. The highest BCUT2D eigenvalue weighted by Gasteiger charge is 2.27. The minimum atomic E-state index is -0.132.